The van der Waals surface area contributed by atoms with E-state index in [1.165, 1.54) is 17.5 Å². The normalized spacial score (nSPS) is 41.4. The molecule has 192 valence electrons. The molecule has 6 rings (SSSR count). The van der Waals surface area contributed by atoms with Crippen LogP contribution in [0.4, 0.5) is 0 Å². The molecule has 0 radical (unpaired) electrons. The molecule has 2 bridgehead atoms. The number of benzene rings is 1. The Morgan fingerprint density at radius 3 is 2.53 bits per heavy atom. The van der Waals surface area contributed by atoms with E-state index < -0.39 is 36.8 Å². The van der Waals surface area contributed by atoms with Gasteiger partial charge in [-0.05, 0) is 56.1 Å². The maximum Gasteiger partial charge on any atom is 0.293 e. The van der Waals surface area contributed by atoms with Crippen molar-refractivity contribution in [2.24, 2.45) is 11.8 Å². The van der Waals surface area contributed by atoms with E-state index in [1.54, 1.807) is 6.92 Å². The summed E-state index contributed by atoms with van der Waals surface area (Å²) >= 11 is 0. The smallest absolute Gasteiger partial charge is 0.293 e. The molecule has 0 N–H and O–H groups in total. The van der Waals surface area contributed by atoms with Gasteiger partial charge in [0.2, 0.25) is 0 Å². The van der Waals surface area contributed by atoms with Crippen LogP contribution in [0, 0.1) is 18.8 Å². The van der Waals surface area contributed by atoms with Crippen LogP contribution in [0.1, 0.15) is 42.9 Å². The van der Waals surface area contributed by atoms with Crippen molar-refractivity contribution in [1.29, 1.82) is 0 Å². The second-order valence-corrected chi connectivity index (χ2v) is 10.5. The van der Waals surface area contributed by atoms with E-state index in [4.69, 9.17) is 28.4 Å². The number of allylic oxidation sites excluding steroid dienone is 1. The minimum Gasteiger partial charge on any atom is -0.486 e. The Hall–Kier alpha value is -2.91. The highest BCUT2D eigenvalue weighted by Gasteiger charge is 2.64. The molecular formula is C27H30O9. The van der Waals surface area contributed by atoms with Gasteiger partial charge in [0.05, 0.1) is 6.10 Å². The van der Waals surface area contributed by atoms with Crippen molar-refractivity contribution in [3.8, 4) is 5.75 Å². The maximum atomic E-state index is 11.4. The molecule has 5 aliphatic rings. The zero-order chi connectivity index (χ0) is 25.0. The van der Waals surface area contributed by atoms with Crippen LogP contribution in [-0.4, -0.2) is 62.3 Å². The van der Waals surface area contributed by atoms with Crippen molar-refractivity contribution in [3.05, 3.63) is 41.0 Å². The lowest BCUT2D eigenvalue weighted by molar-refractivity contribution is -0.308. The minimum atomic E-state index is -1.14. The van der Waals surface area contributed by atoms with Gasteiger partial charge in [-0.1, -0.05) is 30.7 Å². The van der Waals surface area contributed by atoms with E-state index in [0.29, 0.717) is 11.8 Å². The molecule has 9 nitrogen and oxygen atoms in total. The third-order valence-corrected chi connectivity index (χ3v) is 8.87. The van der Waals surface area contributed by atoms with Gasteiger partial charge in [-0.25, -0.2) is 0 Å². The second-order valence-electron chi connectivity index (χ2n) is 10.5. The van der Waals surface area contributed by atoms with Crippen LogP contribution in [0.2, 0.25) is 0 Å². The Morgan fingerprint density at radius 1 is 1.00 bits per heavy atom. The van der Waals surface area contributed by atoms with E-state index in [1.807, 2.05) is 6.08 Å². The zero-order valence-corrected chi connectivity index (χ0v) is 20.2. The molecule has 1 saturated carbocycles. The van der Waals surface area contributed by atoms with Gasteiger partial charge in [-0.15, -0.1) is 0 Å². The Balaban J connectivity index is 1.35. The monoisotopic (exact) mass is 498 g/mol. The summed E-state index contributed by atoms with van der Waals surface area (Å²) in [5, 5.41) is 0. The lowest BCUT2D eigenvalue weighted by Gasteiger charge is -2.54. The highest BCUT2D eigenvalue weighted by atomic mass is 16.7. The molecule has 3 aliphatic carbocycles. The molecule has 36 heavy (non-hydrogen) atoms. The first-order valence-corrected chi connectivity index (χ1v) is 12.6. The van der Waals surface area contributed by atoms with Crippen LogP contribution >= 0.6 is 0 Å². The largest absolute Gasteiger partial charge is 0.486 e. The summed E-state index contributed by atoms with van der Waals surface area (Å²) in [6.45, 7) is 4.48. The van der Waals surface area contributed by atoms with Crippen molar-refractivity contribution in [1.82, 2.24) is 0 Å². The predicted molar refractivity (Wildman–Crippen MR) is 123 cm³/mol. The van der Waals surface area contributed by atoms with E-state index in [9.17, 15) is 14.4 Å². The minimum absolute atomic E-state index is 0.180. The summed E-state index contributed by atoms with van der Waals surface area (Å²) < 4.78 is 34.8. The van der Waals surface area contributed by atoms with Crippen molar-refractivity contribution >= 4 is 19.4 Å². The summed E-state index contributed by atoms with van der Waals surface area (Å²) in [6.07, 6.45) is 3.00. The number of aryl methyl sites for hydroxylation is 1. The van der Waals surface area contributed by atoms with Gasteiger partial charge >= 0.3 is 0 Å². The third kappa shape index (κ3) is 3.25. The summed E-state index contributed by atoms with van der Waals surface area (Å²) in [4.78, 5) is 33.7. The standard InChI is InChI=1S/C27H30O9/c1-14-5-6-17-10-16-4-3-9-27-18(16)7-8-19(25(27)36-21(14)20(17)27)35-26-24(33-13-30)23(32-12-29)22(31-11-28)15(2)34-26/h5-8,11-13,15-16,18-19,22-26H,3-4,9-10H2,1-2H3/t15-,16-,18?,19+,22-,23+,24-,25+,26+,27+/m1/s1. The predicted octanol–water partition coefficient (Wildman–Crippen LogP) is 2.29. The summed E-state index contributed by atoms with van der Waals surface area (Å²) in [5.41, 5.74) is 3.62. The first-order valence-electron chi connectivity index (χ1n) is 12.6. The number of carbonyl (C=O) groups excluding carboxylic acids is 3. The topological polar surface area (TPSA) is 107 Å². The van der Waals surface area contributed by atoms with Gasteiger partial charge in [0.15, 0.2) is 24.6 Å². The summed E-state index contributed by atoms with van der Waals surface area (Å²) in [5.74, 6) is 1.89. The van der Waals surface area contributed by atoms with E-state index >= 15 is 0 Å². The molecular weight excluding hydrogens is 468 g/mol. The van der Waals surface area contributed by atoms with E-state index in [-0.39, 0.29) is 30.9 Å². The van der Waals surface area contributed by atoms with Gasteiger partial charge in [0, 0.05) is 11.0 Å². The Labute approximate surface area is 209 Å². The number of carbonyl (C=O) groups is 3. The molecule has 0 aromatic heterocycles. The maximum absolute atomic E-state index is 11.4. The molecule has 2 aliphatic heterocycles. The Morgan fingerprint density at radius 2 is 1.75 bits per heavy atom. The average molecular weight is 499 g/mol. The van der Waals surface area contributed by atoms with Crippen LogP contribution in [0.3, 0.4) is 0 Å². The van der Waals surface area contributed by atoms with Crippen molar-refractivity contribution in [2.45, 2.75) is 87.9 Å². The molecule has 1 aromatic rings. The average Bonchev–Trinajstić information content (AvgIpc) is 3.21. The van der Waals surface area contributed by atoms with Crippen LogP contribution < -0.4 is 4.74 Å². The van der Waals surface area contributed by atoms with Gasteiger partial charge in [-0.2, -0.15) is 0 Å². The van der Waals surface area contributed by atoms with Crippen molar-refractivity contribution < 1.29 is 42.8 Å². The Bertz CT molecular complexity index is 1090. The van der Waals surface area contributed by atoms with Gasteiger partial charge < -0.3 is 28.4 Å². The number of hydrogen-bond acceptors (Lipinski definition) is 9. The van der Waals surface area contributed by atoms with Gasteiger partial charge in [-0.3, -0.25) is 14.4 Å². The van der Waals surface area contributed by atoms with Crippen molar-refractivity contribution in [2.75, 3.05) is 0 Å². The fraction of sp³-hybridized carbons (Fsp3) is 0.593. The lowest BCUT2D eigenvalue weighted by Crippen LogP contribution is -2.63. The van der Waals surface area contributed by atoms with Gasteiger partial charge in [0.25, 0.3) is 19.4 Å². The van der Waals surface area contributed by atoms with Crippen LogP contribution in [0.5, 0.6) is 5.75 Å². The fourth-order valence-corrected chi connectivity index (χ4v) is 7.55. The molecule has 10 atom stereocenters. The molecule has 1 spiro atoms. The number of rotatable bonds is 8. The molecule has 1 saturated heterocycles. The Kier molecular flexibility index (Phi) is 5.80. The molecule has 9 heteroatoms. The van der Waals surface area contributed by atoms with E-state index in [0.717, 1.165) is 30.6 Å². The van der Waals surface area contributed by atoms with Gasteiger partial charge in [0.1, 0.15) is 18.0 Å². The second kappa shape index (κ2) is 8.88. The molecule has 2 heterocycles. The summed E-state index contributed by atoms with van der Waals surface area (Å²) in [6, 6.07) is 4.38. The quantitative estimate of drug-likeness (QED) is 0.303. The number of ether oxygens (including phenoxy) is 6. The van der Waals surface area contributed by atoms with Crippen molar-refractivity contribution in [3.63, 3.8) is 0 Å². The fourth-order valence-electron chi connectivity index (χ4n) is 7.55. The first kappa shape index (κ1) is 23.5. The number of hydrogen-bond donors (Lipinski definition) is 0. The first-order chi connectivity index (χ1) is 17.5. The van der Waals surface area contributed by atoms with Crippen LogP contribution in [-0.2, 0) is 49.9 Å². The molecule has 2 fully saturated rings. The highest BCUT2D eigenvalue weighted by Crippen LogP contribution is 2.63. The van der Waals surface area contributed by atoms with Crippen LogP contribution in [0.15, 0.2) is 24.3 Å². The molecule has 1 aromatic carbocycles. The lowest BCUT2D eigenvalue weighted by atomic mass is 9.50. The SMILES string of the molecule is Cc1ccc2c3c1O[C@H]1[C@@H](O[C@@H]4O[C@H](C)[C@@H](OC=O)[C@H](OC=O)[C@H]4OC=O)C=CC4[C@H](CCC[C@@]341)C2. The van der Waals surface area contributed by atoms with E-state index in [2.05, 4.69) is 25.1 Å². The molecule has 1 unspecified atom stereocenters. The third-order valence-electron chi connectivity index (χ3n) is 8.87. The van der Waals surface area contributed by atoms with Crippen LogP contribution in [0.25, 0.3) is 0 Å². The summed E-state index contributed by atoms with van der Waals surface area (Å²) in [7, 11) is 0. The zero-order valence-electron chi connectivity index (χ0n) is 20.2. The molecule has 0 amide bonds. The highest BCUT2D eigenvalue weighted by molar-refractivity contribution is 5.59.